The molecule has 0 N–H and O–H groups in total. The Hall–Kier alpha value is -3.67. The Labute approximate surface area is 175 Å². The molecule has 6 heteroatoms. The van der Waals surface area contributed by atoms with Gasteiger partial charge < -0.3 is 14.2 Å². The van der Waals surface area contributed by atoms with Crippen LogP contribution in [0.2, 0.25) is 0 Å². The summed E-state index contributed by atoms with van der Waals surface area (Å²) in [6.07, 6.45) is 0. The Kier molecular flexibility index (Phi) is 5.48. The van der Waals surface area contributed by atoms with Gasteiger partial charge in [0.1, 0.15) is 12.3 Å². The zero-order valence-electron chi connectivity index (χ0n) is 17.2. The van der Waals surface area contributed by atoms with Crippen LogP contribution in [0.4, 0.5) is 0 Å². The largest absolute Gasteiger partial charge is 0.497 e. The van der Waals surface area contributed by atoms with Crippen molar-refractivity contribution in [3.63, 3.8) is 0 Å². The van der Waals surface area contributed by atoms with E-state index in [1.54, 1.807) is 12.0 Å². The average Bonchev–Trinajstić information content (AvgIpc) is 3.25. The van der Waals surface area contributed by atoms with Gasteiger partial charge in [0.05, 0.1) is 7.11 Å². The normalized spacial score (nSPS) is 11.1. The molecule has 0 aliphatic carbocycles. The number of rotatable bonds is 6. The number of ether oxygens (including phenoxy) is 1. The third-order valence-electron chi connectivity index (χ3n) is 5.03. The number of methoxy groups -OCH3 is 1. The van der Waals surface area contributed by atoms with Crippen molar-refractivity contribution in [1.29, 1.82) is 0 Å². The van der Waals surface area contributed by atoms with Crippen molar-refractivity contribution < 1.29 is 14.1 Å². The average molecular weight is 401 g/mol. The lowest BCUT2D eigenvalue weighted by Gasteiger charge is -2.25. The van der Waals surface area contributed by atoms with Gasteiger partial charge >= 0.3 is 0 Å². The molecule has 6 nitrogen and oxygen atoms in total. The molecule has 1 heterocycles. The van der Waals surface area contributed by atoms with E-state index in [1.807, 2.05) is 80.6 Å². The molecule has 4 rings (SSSR count). The molecule has 0 aliphatic heterocycles. The summed E-state index contributed by atoms with van der Waals surface area (Å²) >= 11 is 0. The lowest BCUT2D eigenvalue weighted by molar-refractivity contribution is 0.0669. The van der Waals surface area contributed by atoms with Gasteiger partial charge in [-0.3, -0.25) is 4.79 Å². The molecule has 1 amide bonds. The molecule has 152 valence electrons. The van der Waals surface area contributed by atoms with Gasteiger partial charge in [-0.15, -0.1) is 0 Å². The Balaban J connectivity index is 1.59. The van der Waals surface area contributed by atoms with Gasteiger partial charge in [0.2, 0.25) is 11.7 Å². The standard InChI is InChI=1S/C24H23N3O3/c1-16(2)27(24(28)21-10-6-8-17-7-4-5-9-20(17)21)15-22-25-23(26-30-22)18-11-13-19(29-3)14-12-18/h4-14,16H,15H2,1-3H3. The van der Waals surface area contributed by atoms with E-state index in [-0.39, 0.29) is 18.5 Å². The smallest absolute Gasteiger partial charge is 0.255 e. The van der Waals surface area contributed by atoms with Crippen LogP contribution in [0, 0.1) is 0 Å². The van der Waals surface area contributed by atoms with Crippen LogP contribution in [0.1, 0.15) is 30.1 Å². The van der Waals surface area contributed by atoms with Gasteiger partial charge in [-0.1, -0.05) is 41.6 Å². The maximum absolute atomic E-state index is 13.4. The summed E-state index contributed by atoms with van der Waals surface area (Å²) in [5.74, 6) is 1.57. The highest BCUT2D eigenvalue weighted by atomic mass is 16.5. The van der Waals surface area contributed by atoms with E-state index in [9.17, 15) is 4.79 Å². The van der Waals surface area contributed by atoms with Crippen molar-refractivity contribution in [2.45, 2.75) is 26.4 Å². The molecule has 30 heavy (non-hydrogen) atoms. The zero-order valence-corrected chi connectivity index (χ0v) is 17.2. The van der Waals surface area contributed by atoms with Gasteiger partial charge in [-0.25, -0.2) is 0 Å². The number of hydrogen-bond acceptors (Lipinski definition) is 5. The number of carbonyl (C=O) groups is 1. The fourth-order valence-corrected chi connectivity index (χ4v) is 3.38. The van der Waals surface area contributed by atoms with E-state index in [0.717, 1.165) is 22.1 Å². The lowest BCUT2D eigenvalue weighted by atomic mass is 10.0. The Morgan fingerprint density at radius 1 is 1.03 bits per heavy atom. The first-order valence-electron chi connectivity index (χ1n) is 9.82. The van der Waals surface area contributed by atoms with Crippen molar-refractivity contribution in [3.05, 3.63) is 78.2 Å². The summed E-state index contributed by atoms with van der Waals surface area (Å²) in [6.45, 7) is 4.19. The highest BCUT2D eigenvalue weighted by Gasteiger charge is 2.23. The molecule has 3 aromatic carbocycles. The number of hydrogen-bond donors (Lipinski definition) is 0. The lowest BCUT2D eigenvalue weighted by Crippen LogP contribution is -2.36. The van der Waals surface area contributed by atoms with Crippen LogP contribution in [0.5, 0.6) is 5.75 Å². The predicted molar refractivity (Wildman–Crippen MR) is 115 cm³/mol. The van der Waals surface area contributed by atoms with E-state index in [1.165, 1.54) is 0 Å². The number of nitrogens with zero attached hydrogens (tertiary/aromatic N) is 3. The summed E-state index contributed by atoms with van der Waals surface area (Å²) in [4.78, 5) is 19.6. The number of carbonyl (C=O) groups excluding carboxylic acids is 1. The van der Waals surface area contributed by atoms with Crippen LogP contribution in [-0.4, -0.2) is 34.1 Å². The van der Waals surface area contributed by atoms with Crippen molar-refractivity contribution in [2.75, 3.05) is 7.11 Å². The summed E-state index contributed by atoms with van der Waals surface area (Å²) in [6, 6.07) is 21.0. The van der Waals surface area contributed by atoms with E-state index in [4.69, 9.17) is 9.26 Å². The Morgan fingerprint density at radius 2 is 1.77 bits per heavy atom. The molecule has 0 bridgehead atoms. The second kappa shape index (κ2) is 8.37. The third kappa shape index (κ3) is 3.89. The second-order valence-electron chi connectivity index (χ2n) is 7.29. The number of aromatic nitrogens is 2. The maximum Gasteiger partial charge on any atom is 0.255 e. The molecular weight excluding hydrogens is 378 g/mol. The molecule has 0 unspecified atom stereocenters. The summed E-state index contributed by atoms with van der Waals surface area (Å²) in [5.41, 5.74) is 1.49. The van der Waals surface area contributed by atoms with E-state index < -0.39 is 0 Å². The molecular formula is C24H23N3O3. The summed E-state index contributed by atoms with van der Waals surface area (Å²) in [5, 5.41) is 6.04. The van der Waals surface area contributed by atoms with Gasteiger partial charge in [-0.05, 0) is 55.0 Å². The highest BCUT2D eigenvalue weighted by molar-refractivity contribution is 6.07. The van der Waals surface area contributed by atoms with Crippen LogP contribution >= 0.6 is 0 Å². The fraction of sp³-hybridized carbons (Fsp3) is 0.208. The topological polar surface area (TPSA) is 68.5 Å². The number of fused-ring (bicyclic) bond motifs is 1. The molecule has 4 aromatic rings. The van der Waals surface area contributed by atoms with Crippen molar-refractivity contribution in [3.8, 4) is 17.1 Å². The highest BCUT2D eigenvalue weighted by Crippen LogP contribution is 2.23. The molecule has 0 aliphatic rings. The SMILES string of the molecule is COc1ccc(-c2noc(CN(C(=O)c3cccc4ccccc34)C(C)C)n2)cc1. The minimum atomic E-state index is -0.0639. The van der Waals surface area contributed by atoms with E-state index in [0.29, 0.717) is 17.3 Å². The van der Waals surface area contributed by atoms with E-state index >= 15 is 0 Å². The quantitative estimate of drug-likeness (QED) is 0.457. The van der Waals surface area contributed by atoms with Crippen LogP contribution in [0.25, 0.3) is 22.2 Å². The fourth-order valence-electron chi connectivity index (χ4n) is 3.38. The number of benzene rings is 3. The van der Waals surface area contributed by atoms with Crippen LogP contribution in [-0.2, 0) is 6.54 Å². The molecule has 0 saturated heterocycles. The van der Waals surface area contributed by atoms with Crippen molar-refractivity contribution in [1.82, 2.24) is 15.0 Å². The molecule has 1 aromatic heterocycles. The summed E-state index contributed by atoms with van der Waals surface area (Å²) in [7, 11) is 1.62. The minimum Gasteiger partial charge on any atom is -0.497 e. The van der Waals surface area contributed by atoms with Crippen LogP contribution in [0.3, 0.4) is 0 Å². The molecule has 0 fully saturated rings. The first-order valence-corrected chi connectivity index (χ1v) is 9.82. The van der Waals surface area contributed by atoms with E-state index in [2.05, 4.69) is 10.1 Å². The van der Waals surface area contributed by atoms with Crippen molar-refractivity contribution >= 4 is 16.7 Å². The van der Waals surface area contributed by atoms with Gasteiger partial charge in [-0.2, -0.15) is 4.98 Å². The van der Waals surface area contributed by atoms with Gasteiger partial charge in [0, 0.05) is 17.2 Å². The summed E-state index contributed by atoms with van der Waals surface area (Å²) < 4.78 is 10.6. The van der Waals surface area contributed by atoms with Crippen molar-refractivity contribution in [2.24, 2.45) is 0 Å². The monoisotopic (exact) mass is 401 g/mol. The molecule has 0 saturated carbocycles. The van der Waals surface area contributed by atoms with Crippen LogP contribution < -0.4 is 4.74 Å². The molecule has 0 spiro atoms. The first-order chi connectivity index (χ1) is 14.6. The maximum atomic E-state index is 13.4. The second-order valence-corrected chi connectivity index (χ2v) is 7.29. The molecule has 0 atom stereocenters. The third-order valence-corrected chi connectivity index (χ3v) is 5.03. The van der Waals surface area contributed by atoms with Crippen LogP contribution in [0.15, 0.2) is 71.3 Å². The Morgan fingerprint density at radius 3 is 2.50 bits per heavy atom. The van der Waals surface area contributed by atoms with Gasteiger partial charge in [0.15, 0.2) is 0 Å². The minimum absolute atomic E-state index is 0.0344. The van der Waals surface area contributed by atoms with Gasteiger partial charge in [0.25, 0.3) is 5.91 Å². The first kappa shape index (κ1) is 19.6. The Bertz CT molecular complexity index is 1160. The zero-order chi connectivity index (χ0) is 21.1. The molecule has 0 radical (unpaired) electrons. The number of amides is 1. The predicted octanol–water partition coefficient (Wildman–Crippen LogP) is 4.95.